The van der Waals surface area contributed by atoms with Gasteiger partial charge in [-0.15, -0.1) is 0 Å². The average molecular weight is 278 g/mol. The Labute approximate surface area is 122 Å². The molecule has 0 atom stereocenters. The fourth-order valence-electron chi connectivity index (χ4n) is 1.99. The highest BCUT2D eigenvalue weighted by molar-refractivity contribution is 5.86. The molecular formula is C16H26N2O2. The fourth-order valence-corrected chi connectivity index (χ4v) is 1.99. The van der Waals surface area contributed by atoms with Crippen molar-refractivity contribution in [3.8, 4) is 0 Å². The van der Waals surface area contributed by atoms with E-state index in [1.165, 1.54) is 5.69 Å². The molecule has 0 bridgehead atoms. The molecule has 4 heteroatoms. The van der Waals surface area contributed by atoms with Gasteiger partial charge in [-0.25, -0.2) is 4.79 Å². The van der Waals surface area contributed by atoms with Crippen LogP contribution in [0.3, 0.4) is 0 Å². The third-order valence-electron chi connectivity index (χ3n) is 2.97. The average Bonchev–Trinajstić information content (AvgIpc) is 2.31. The number of rotatable bonds is 4. The second-order valence-electron chi connectivity index (χ2n) is 5.80. The molecule has 0 aliphatic rings. The monoisotopic (exact) mass is 278 g/mol. The molecule has 112 valence electrons. The second-order valence-corrected chi connectivity index (χ2v) is 5.80. The number of aryl methyl sites for hydroxylation is 1. The molecule has 1 aromatic carbocycles. The van der Waals surface area contributed by atoms with E-state index in [1.807, 2.05) is 39.8 Å². The Bertz CT molecular complexity index is 460. The van der Waals surface area contributed by atoms with Crippen molar-refractivity contribution in [2.24, 2.45) is 0 Å². The van der Waals surface area contributed by atoms with E-state index < -0.39 is 11.7 Å². The summed E-state index contributed by atoms with van der Waals surface area (Å²) >= 11 is 0. The number of anilines is 2. The third-order valence-corrected chi connectivity index (χ3v) is 2.97. The lowest BCUT2D eigenvalue weighted by Gasteiger charge is -2.23. The molecule has 0 fully saturated rings. The number of nitrogens with zero attached hydrogens (tertiary/aromatic N) is 1. The zero-order valence-corrected chi connectivity index (χ0v) is 13.4. The van der Waals surface area contributed by atoms with Crippen LogP contribution in [0.1, 0.15) is 40.2 Å². The van der Waals surface area contributed by atoms with Crippen molar-refractivity contribution in [1.29, 1.82) is 0 Å². The topological polar surface area (TPSA) is 41.6 Å². The van der Waals surface area contributed by atoms with Crippen LogP contribution in [0.4, 0.5) is 16.2 Å². The molecule has 0 aliphatic carbocycles. The first-order chi connectivity index (χ1) is 9.26. The summed E-state index contributed by atoms with van der Waals surface area (Å²) in [6.45, 7) is 13.7. The van der Waals surface area contributed by atoms with Crippen LogP contribution < -0.4 is 10.2 Å². The highest BCUT2D eigenvalue weighted by atomic mass is 16.6. The highest BCUT2D eigenvalue weighted by Gasteiger charge is 2.17. The predicted molar refractivity (Wildman–Crippen MR) is 84.6 cm³/mol. The maximum atomic E-state index is 11.8. The SMILES string of the molecule is CCN(CC)c1ccc(NC(=O)OC(C)(C)C)c(C)c1. The summed E-state index contributed by atoms with van der Waals surface area (Å²) in [6, 6.07) is 6.03. The first-order valence-electron chi connectivity index (χ1n) is 7.12. The molecule has 1 aromatic rings. The van der Waals surface area contributed by atoms with Crippen LogP contribution in [-0.4, -0.2) is 24.8 Å². The van der Waals surface area contributed by atoms with Crippen molar-refractivity contribution in [3.63, 3.8) is 0 Å². The van der Waals surface area contributed by atoms with E-state index in [-0.39, 0.29) is 0 Å². The smallest absolute Gasteiger partial charge is 0.412 e. The minimum atomic E-state index is -0.487. The number of ether oxygens (including phenoxy) is 1. The first-order valence-corrected chi connectivity index (χ1v) is 7.12. The molecular weight excluding hydrogens is 252 g/mol. The van der Waals surface area contributed by atoms with E-state index in [4.69, 9.17) is 4.74 Å². The maximum absolute atomic E-state index is 11.8. The van der Waals surface area contributed by atoms with Crippen LogP contribution in [0.2, 0.25) is 0 Å². The molecule has 0 radical (unpaired) electrons. The molecule has 0 saturated heterocycles. The normalized spacial score (nSPS) is 11.1. The Hall–Kier alpha value is -1.71. The quantitative estimate of drug-likeness (QED) is 0.898. The van der Waals surface area contributed by atoms with Gasteiger partial charge in [0.2, 0.25) is 0 Å². The van der Waals surface area contributed by atoms with Gasteiger partial charge in [-0.05, 0) is 65.3 Å². The standard InChI is InChI=1S/C16H26N2O2/c1-7-18(8-2)13-9-10-14(12(3)11-13)17-15(19)20-16(4,5)6/h9-11H,7-8H2,1-6H3,(H,17,19). The van der Waals surface area contributed by atoms with Gasteiger partial charge < -0.3 is 9.64 Å². The van der Waals surface area contributed by atoms with Crippen LogP contribution >= 0.6 is 0 Å². The van der Waals surface area contributed by atoms with Crippen LogP contribution in [0.25, 0.3) is 0 Å². The van der Waals surface area contributed by atoms with Gasteiger partial charge in [-0.2, -0.15) is 0 Å². The summed E-state index contributed by atoms with van der Waals surface area (Å²) < 4.78 is 5.26. The molecule has 0 spiro atoms. The Morgan fingerprint density at radius 1 is 1.25 bits per heavy atom. The third kappa shape index (κ3) is 4.76. The summed E-state index contributed by atoms with van der Waals surface area (Å²) in [5.41, 5.74) is 2.50. The fraction of sp³-hybridized carbons (Fsp3) is 0.562. The predicted octanol–water partition coefficient (Wildman–Crippen LogP) is 4.19. The van der Waals surface area contributed by atoms with E-state index in [2.05, 4.69) is 30.1 Å². The molecule has 0 heterocycles. The van der Waals surface area contributed by atoms with Gasteiger partial charge in [0.15, 0.2) is 0 Å². The van der Waals surface area contributed by atoms with Gasteiger partial charge in [-0.1, -0.05) is 0 Å². The molecule has 1 rings (SSSR count). The minimum Gasteiger partial charge on any atom is -0.444 e. The first kappa shape index (κ1) is 16.3. The van der Waals surface area contributed by atoms with Crippen LogP contribution in [0, 0.1) is 6.92 Å². The van der Waals surface area contributed by atoms with Crippen LogP contribution in [0.15, 0.2) is 18.2 Å². The zero-order valence-electron chi connectivity index (χ0n) is 13.4. The van der Waals surface area contributed by atoms with Gasteiger partial charge in [0, 0.05) is 24.5 Å². The van der Waals surface area contributed by atoms with E-state index in [0.29, 0.717) is 0 Å². The van der Waals surface area contributed by atoms with Crippen LogP contribution in [-0.2, 0) is 4.74 Å². The largest absolute Gasteiger partial charge is 0.444 e. The molecule has 0 aromatic heterocycles. The van der Waals surface area contributed by atoms with Crippen molar-refractivity contribution in [3.05, 3.63) is 23.8 Å². The number of benzene rings is 1. The van der Waals surface area contributed by atoms with Crippen molar-refractivity contribution in [2.75, 3.05) is 23.3 Å². The lowest BCUT2D eigenvalue weighted by Crippen LogP contribution is -2.27. The Morgan fingerprint density at radius 3 is 2.30 bits per heavy atom. The maximum Gasteiger partial charge on any atom is 0.412 e. The van der Waals surface area contributed by atoms with Gasteiger partial charge in [0.25, 0.3) is 0 Å². The number of amides is 1. The Balaban J connectivity index is 2.81. The minimum absolute atomic E-state index is 0.420. The zero-order chi connectivity index (χ0) is 15.3. The lowest BCUT2D eigenvalue weighted by molar-refractivity contribution is 0.0636. The summed E-state index contributed by atoms with van der Waals surface area (Å²) in [5, 5.41) is 2.79. The van der Waals surface area contributed by atoms with Gasteiger partial charge in [0.1, 0.15) is 5.60 Å². The molecule has 1 N–H and O–H groups in total. The lowest BCUT2D eigenvalue weighted by atomic mass is 10.1. The number of carbonyl (C=O) groups is 1. The number of nitrogens with one attached hydrogen (secondary N) is 1. The van der Waals surface area contributed by atoms with E-state index in [9.17, 15) is 4.79 Å². The molecule has 0 unspecified atom stereocenters. The Morgan fingerprint density at radius 2 is 1.85 bits per heavy atom. The Kier molecular flexibility index (Phi) is 5.43. The van der Waals surface area contributed by atoms with E-state index >= 15 is 0 Å². The number of carbonyl (C=O) groups excluding carboxylic acids is 1. The van der Waals surface area contributed by atoms with E-state index in [1.54, 1.807) is 0 Å². The summed E-state index contributed by atoms with van der Waals surface area (Å²) in [7, 11) is 0. The summed E-state index contributed by atoms with van der Waals surface area (Å²) in [5.74, 6) is 0. The van der Waals surface area contributed by atoms with Gasteiger partial charge in [-0.3, -0.25) is 5.32 Å². The number of hydrogen-bond acceptors (Lipinski definition) is 3. The van der Waals surface area contributed by atoms with Crippen molar-refractivity contribution < 1.29 is 9.53 Å². The second kappa shape index (κ2) is 6.64. The van der Waals surface area contributed by atoms with E-state index in [0.717, 1.165) is 24.3 Å². The van der Waals surface area contributed by atoms with Crippen molar-refractivity contribution >= 4 is 17.5 Å². The van der Waals surface area contributed by atoms with Gasteiger partial charge >= 0.3 is 6.09 Å². The van der Waals surface area contributed by atoms with Gasteiger partial charge in [0.05, 0.1) is 0 Å². The van der Waals surface area contributed by atoms with Crippen molar-refractivity contribution in [2.45, 2.75) is 47.1 Å². The molecule has 4 nitrogen and oxygen atoms in total. The summed E-state index contributed by atoms with van der Waals surface area (Å²) in [4.78, 5) is 14.0. The molecule has 1 amide bonds. The van der Waals surface area contributed by atoms with Crippen molar-refractivity contribution in [1.82, 2.24) is 0 Å². The molecule has 20 heavy (non-hydrogen) atoms. The highest BCUT2D eigenvalue weighted by Crippen LogP contribution is 2.23. The summed E-state index contributed by atoms with van der Waals surface area (Å²) in [6.07, 6.45) is -0.420. The number of hydrogen-bond donors (Lipinski definition) is 1. The van der Waals surface area contributed by atoms with Crippen LogP contribution in [0.5, 0.6) is 0 Å². The molecule has 0 saturated carbocycles. The molecule has 0 aliphatic heterocycles.